The molecule has 1 amide bonds. The summed E-state index contributed by atoms with van der Waals surface area (Å²) in [6.07, 6.45) is 2.13. The van der Waals surface area contributed by atoms with Gasteiger partial charge in [0.1, 0.15) is 0 Å². The van der Waals surface area contributed by atoms with E-state index < -0.39 is 0 Å². The molecular formula is C8H15N5O2. The molecule has 4 N–H and O–H groups in total. The summed E-state index contributed by atoms with van der Waals surface area (Å²) in [6, 6.07) is 0. The maximum absolute atomic E-state index is 11.3. The third-order valence-corrected chi connectivity index (χ3v) is 1.66. The van der Waals surface area contributed by atoms with Gasteiger partial charge in [0.05, 0.1) is 12.8 Å². The molecule has 0 aliphatic carbocycles. The van der Waals surface area contributed by atoms with Gasteiger partial charge in [0.25, 0.3) is 5.91 Å². The van der Waals surface area contributed by atoms with E-state index >= 15 is 0 Å². The third kappa shape index (κ3) is 4.52. The van der Waals surface area contributed by atoms with E-state index in [1.165, 1.54) is 6.20 Å². The zero-order chi connectivity index (χ0) is 10.9. The number of aromatic amines is 1. The van der Waals surface area contributed by atoms with Crippen LogP contribution in [-0.4, -0.2) is 47.6 Å². The fraction of sp³-hybridized carbons (Fsp3) is 0.625. The van der Waals surface area contributed by atoms with E-state index in [9.17, 15) is 4.79 Å². The molecule has 84 valence electrons. The molecule has 7 heteroatoms. The van der Waals surface area contributed by atoms with E-state index in [0.29, 0.717) is 26.3 Å². The van der Waals surface area contributed by atoms with Crippen LogP contribution in [-0.2, 0) is 4.74 Å². The van der Waals surface area contributed by atoms with Gasteiger partial charge < -0.3 is 15.8 Å². The molecule has 0 aliphatic heterocycles. The number of ether oxygens (including phenoxy) is 1. The highest BCUT2D eigenvalue weighted by Gasteiger charge is 2.06. The molecule has 0 saturated heterocycles. The lowest BCUT2D eigenvalue weighted by molar-refractivity contribution is 0.0938. The van der Waals surface area contributed by atoms with Gasteiger partial charge >= 0.3 is 0 Å². The second-order valence-electron chi connectivity index (χ2n) is 2.87. The lowest BCUT2D eigenvalue weighted by atomic mass is 10.4. The summed E-state index contributed by atoms with van der Waals surface area (Å²) in [6.45, 7) is 2.22. The standard InChI is InChI=1S/C8H15N5O2/c9-2-5-15-4-1-3-10-8(14)7-6-11-13-12-7/h6H,1-5,9H2,(H,10,14)(H,11,12,13). The second kappa shape index (κ2) is 6.91. The number of nitrogens with one attached hydrogen (secondary N) is 2. The third-order valence-electron chi connectivity index (χ3n) is 1.66. The Hall–Kier alpha value is -1.47. The van der Waals surface area contributed by atoms with Gasteiger partial charge in [-0.05, 0) is 6.42 Å². The van der Waals surface area contributed by atoms with Crippen molar-refractivity contribution in [2.45, 2.75) is 6.42 Å². The summed E-state index contributed by atoms with van der Waals surface area (Å²) < 4.78 is 5.14. The molecule has 0 spiro atoms. The maximum atomic E-state index is 11.3. The molecule has 1 rings (SSSR count). The van der Waals surface area contributed by atoms with E-state index in [0.717, 1.165) is 6.42 Å². The number of hydrogen-bond acceptors (Lipinski definition) is 5. The van der Waals surface area contributed by atoms with Gasteiger partial charge in [0.2, 0.25) is 0 Å². The van der Waals surface area contributed by atoms with Gasteiger partial charge in [-0.15, -0.1) is 0 Å². The number of amides is 1. The Bertz CT molecular complexity index is 275. The van der Waals surface area contributed by atoms with Crippen LogP contribution in [0.3, 0.4) is 0 Å². The number of rotatable bonds is 7. The van der Waals surface area contributed by atoms with Crippen molar-refractivity contribution in [2.24, 2.45) is 5.73 Å². The fourth-order valence-electron chi connectivity index (χ4n) is 0.963. The number of nitrogens with zero attached hydrogens (tertiary/aromatic N) is 2. The molecule has 0 atom stereocenters. The van der Waals surface area contributed by atoms with E-state index in [1.54, 1.807) is 0 Å². The Morgan fingerprint density at radius 3 is 3.13 bits per heavy atom. The van der Waals surface area contributed by atoms with Crippen LogP contribution in [0.4, 0.5) is 0 Å². The Morgan fingerprint density at radius 1 is 1.60 bits per heavy atom. The first-order chi connectivity index (χ1) is 7.34. The zero-order valence-corrected chi connectivity index (χ0v) is 8.40. The molecule has 1 heterocycles. The van der Waals surface area contributed by atoms with Gasteiger partial charge in [-0.25, -0.2) is 0 Å². The number of hydrogen-bond donors (Lipinski definition) is 3. The Kier molecular flexibility index (Phi) is 5.34. The molecule has 0 saturated carbocycles. The monoisotopic (exact) mass is 213 g/mol. The Labute approximate surface area is 87.4 Å². The molecule has 0 bridgehead atoms. The van der Waals surface area contributed by atoms with Crippen LogP contribution in [0.2, 0.25) is 0 Å². The van der Waals surface area contributed by atoms with E-state index in [-0.39, 0.29) is 11.6 Å². The molecule has 0 aromatic carbocycles. The predicted molar refractivity (Wildman–Crippen MR) is 53.2 cm³/mol. The summed E-state index contributed by atoms with van der Waals surface area (Å²) in [4.78, 5) is 11.3. The van der Waals surface area contributed by atoms with Crippen LogP contribution >= 0.6 is 0 Å². The molecule has 0 radical (unpaired) electrons. The lowest BCUT2D eigenvalue weighted by Crippen LogP contribution is -2.25. The van der Waals surface area contributed by atoms with Gasteiger partial charge in [0.15, 0.2) is 5.69 Å². The number of carbonyl (C=O) groups is 1. The number of nitrogens with two attached hydrogens (primary N) is 1. The van der Waals surface area contributed by atoms with Crippen molar-refractivity contribution >= 4 is 5.91 Å². The molecule has 1 aromatic heterocycles. The molecule has 7 nitrogen and oxygen atoms in total. The quantitative estimate of drug-likeness (QED) is 0.498. The molecule has 1 aromatic rings. The van der Waals surface area contributed by atoms with Gasteiger partial charge in [-0.3, -0.25) is 4.79 Å². The molecule has 0 fully saturated rings. The van der Waals surface area contributed by atoms with Crippen LogP contribution < -0.4 is 11.1 Å². The average molecular weight is 213 g/mol. The van der Waals surface area contributed by atoms with Crippen molar-refractivity contribution in [2.75, 3.05) is 26.3 Å². The number of H-pyrrole nitrogens is 1. The number of carbonyl (C=O) groups excluding carboxylic acids is 1. The topological polar surface area (TPSA) is 106 Å². The van der Waals surface area contributed by atoms with Crippen LogP contribution in [0.5, 0.6) is 0 Å². The minimum atomic E-state index is -0.234. The minimum Gasteiger partial charge on any atom is -0.380 e. The largest absolute Gasteiger partial charge is 0.380 e. The fourth-order valence-corrected chi connectivity index (χ4v) is 0.963. The maximum Gasteiger partial charge on any atom is 0.273 e. The van der Waals surface area contributed by atoms with Crippen LogP contribution in [0.25, 0.3) is 0 Å². The van der Waals surface area contributed by atoms with Crippen molar-refractivity contribution < 1.29 is 9.53 Å². The van der Waals surface area contributed by atoms with E-state index in [1.807, 2.05) is 0 Å². The van der Waals surface area contributed by atoms with Gasteiger partial charge in [0, 0.05) is 19.7 Å². The summed E-state index contributed by atoms with van der Waals surface area (Å²) in [7, 11) is 0. The average Bonchev–Trinajstić information content (AvgIpc) is 2.76. The van der Waals surface area contributed by atoms with Crippen molar-refractivity contribution in [3.8, 4) is 0 Å². The van der Waals surface area contributed by atoms with E-state index in [4.69, 9.17) is 10.5 Å². The minimum absolute atomic E-state index is 0.234. The normalized spacial score (nSPS) is 10.2. The molecule has 0 aliphatic rings. The van der Waals surface area contributed by atoms with Gasteiger partial charge in [-0.1, -0.05) is 0 Å². The van der Waals surface area contributed by atoms with Crippen LogP contribution in [0.1, 0.15) is 16.9 Å². The molecule has 15 heavy (non-hydrogen) atoms. The van der Waals surface area contributed by atoms with Crippen molar-refractivity contribution in [3.63, 3.8) is 0 Å². The predicted octanol–water partition coefficient (Wildman–Crippen LogP) is -1.10. The SMILES string of the molecule is NCCOCCCNC(=O)c1cn[nH]n1. The highest BCUT2D eigenvalue weighted by Crippen LogP contribution is 1.88. The summed E-state index contributed by atoms with van der Waals surface area (Å²) in [5, 5.41) is 12.2. The lowest BCUT2D eigenvalue weighted by Gasteiger charge is -2.03. The van der Waals surface area contributed by atoms with E-state index in [2.05, 4.69) is 20.7 Å². The summed E-state index contributed by atoms with van der Waals surface area (Å²) in [5.74, 6) is -0.234. The van der Waals surface area contributed by atoms with Crippen LogP contribution in [0.15, 0.2) is 6.20 Å². The smallest absolute Gasteiger partial charge is 0.273 e. The highest BCUT2D eigenvalue weighted by molar-refractivity contribution is 5.91. The first-order valence-corrected chi connectivity index (χ1v) is 4.76. The number of aromatic nitrogens is 3. The molecular weight excluding hydrogens is 198 g/mol. The van der Waals surface area contributed by atoms with Crippen molar-refractivity contribution in [1.82, 2.24) is 20.7 Å². The first kappa shape index (κ1) is 11.6. The van der Waals surface area contributed by atoms with Crippen LogP contribution in [0, 0.1) is 0 Å². The zero-order valence-electron chi connectivity index (χ0n) is 8.40. The summed E-state index contributed by atoms with van der Waals surface area (Å²) in [5.41, 5.74) is 5.53. The second-order valence-corrected chi connectivity index (χ2v) is 2.87. The van der Waals surface area contributed by atoms with Crippen molar-refractivity contribution in [1.29, 1.82) is 0 Å². The first-order valence-electron chi connectivity index (χ1n) is 4.76. The van der Waals surface area contributed by atoms with Gasteiger partial charge in [-0.2, -0.15) is 15.4 Å². The Balaban J connectivity index is 2.03. The highest BCUT2D eigenvalue weighted by atomic mass is 16.5. The van der Waals surface area contributed by atoms with Crippen molar-refractivity contribution in [3.05, 3.63) is 11.9 Å². The molecule has 0 unspecified atom stereocenters. The summed E-state index contributed by atoms with van der Waals surface area (Å²) >= 11 is 0. The Morgan fingerprint density at radius 2 is 2.47 bits per heavy atom.